The van der Waals surface area contributed by atoms with Gasteiger partial charge in [-0.05, 0) is 37.1 Å². The highest BCUT2D eigenvalue weighted by atomic mass is 16.5. The number of aryl methyl sites for hydroxylation is 1. The Morgan fingerprint density at radius 1 is 1.09 bits per heavy atom. The SMILES string of the molecule is COc1ccccc1C(=O)NC(=O)COC(=O)CCc1nc2ccccc2c(=O)n1C1CC1. The number of hydrogen-bond acceptors (Lipinski definition) is 7. The third kappa shape index (κ3) is 5.08. The molecule has 4 rings (SSSR count). The van der Waals surface area contributed by atoms with Gasteiger partial charge in [0, 0.05) is 12.5 Å². The minimum absolute atomic E-state index is 0.0504. The fourth-order valence-electron chi connectivity index (χ4n) is 3.57. The fraction of sp³-hybridized carbons (Fsp3) is 0.292. The Labute approximate surface area is 189 Å². The molecule has 170 valence electrons. The zero-order valence-corrected chi connectivity index (χ0v) is 18.1. The number of imide groups is 1. The second-order valence-corrected chi connectivity index (χ2v) is 7.69. The smallest absolute Gasteiger partial charge is 0.306 e. The summed E-state index contributed by atoms with van der Waals surface area (Å²) in [5, 5.41) is 2.72. The van der Waals surface area contributed by atoms with Gasteiger partial charge < -0.3 is 9.47 Å². The van der Waals surface area contributed by atoms with Gasteiger partial charge in [-0.25, -0.2) is 4.98 Å². The Morgan fingerprint density at radius 2 is 1.82 bits per heavy atom. The van der Waals surface area contributed by atoms with Crippen molar-refractivity contribution in [2.75, 3.05) is 13.7 Å². The molecule has 1 aliphatic carbocycles. The van der Waals surface area contributed by atoms with E-state index in [1.807, 2.05) is 0 Å². The number of carbonyl (C=O) groups excluding carboxylic acids is 3. The molecule has 2 aromatic carbocycles. The molecule has 0 spiro atoms. The highest BCUT2D eigenvalue weighted by Crippen LogP contribution is 2.34. The summed E-state index contributed by atoms with van der Waals surface area (Å²) >= 11 is 0. The highest BCUT2D eigenvalue weighted by Gasteiger charge is 2.28. The van der Waals surface area contributed by atoms with Crippen molar-refractivity contribution in [2.24, 2.45) is 0 Å². The van der Waals surface area contributed by atoms with Gasteiger partial charge in [-0.1, -0.05) is 24.3 Å². The van der Waals surface area contributed by atoms with Crippen LogP contribution in [0.4, 0.5) is 0 Å². The van der Waals surface area contributed by atoms with E-state index >= 15 is 0 Å². The van der Waals surface area contributed by atoms with E-state index < -0.39 is 24.4 Å². The molecule has 0 saturated heterocycles. The Bertz CT molecular complexity index is 1280. The molecule has 33 heavy (non-hydrogen) atoms. The third-order valence-corrected chi connectivity index (χ3v) is 5.31. The first-order valence-corrected chi connectivity index (χ1v) is 10.6. The van der Waals surface area contributed by atoms with Crippen molar-refractivity contribution in [1.29, 1.82) is 0 Å². The number of fused-ring (bicyclic) bond motifs is 1. The first kappa shape index (κ1) is 22.2. The third-order valence-electron chi connectivity index (χ3n) is 5.31. The highest BCUT2D eigenvalue weighted by molar-refractivity contribution is 6.06. The standard InChI is InChI=1S/C24H23N3O6/c1-32-19-9-5-3-7-17(19)23(30)26-21(28)14-33-22(29)13-12-20-25-18-8-4-2-6-16(18)24(31)27(20)15-10-11-15/h2-9,15H,10-14H2,1H3,(H,26,28,30). The number of amides is 2. The fourth-order valence-corrected chi connectivity index (χ4v) is 3.57. The molecule has 1 heterocycles. The molecule has 0 bridgehead atoms. The van der Waals surface area contributed by atoms with Crippen LogP contribution < -0.4 is 15.6 Å². The van der Waals surface area contributed by atoms with Crippen LogP contribution >= 0.6 is 0 Å². The minimum atomic E-state index is -0.752. The van der Waals surface area contributed by atoms with Gasteiger partial charge in [0.15, 0.2) is 6.61 Å². The summed E-state index contributed by atoms with van der Waals surface area (Å²) in [6.45, 7) is -0.597. The number of methoxy groups -OCH3 is 1. The summed E-state index contributed by atoms with van der Waals surface area (Å²) in [4.78, 5) is 53.9. The molecule has 0 aliphatic heterocycles. The van der Waals surface area contributed by atoms with Crippen molar-refractivity contribution < 1.29 is 23.9 Å². The van der Waals surface area contributed by atoms with Crippen LogP contribution in [0, 0.1) is 0 Å². The van der Waals surface area contributed by atoms with Crippen molar-refractivity contribution >= 4 is 28.7 Å². The molecule has 1 N–H and O–H groups in total. The van der Waals surface area contributed by atoms with Crippen molar-refractivity contribution in [2.45, 2.75) is 31.7 Å². The molecule has 2 amide bonds. The topological polar surface area (TPSA) is 117 Å². The monoisotopic (exact) mass is 449 g/mol. The van der Waals surface area contributed by atoms with E-state index in [9.17, 15) is 19.2 Å². The molecular formula is C24H23N3O6. The number of aromatic nitrogens is 2. The normalized spacial score (nSPS) is 12.9. The van der Waals surface area contributed by atoms with Crippen molar-refractivity contribution in [3.05, 3.63) is 70.3 Å². The van der Waals surface area contributed by atoms with E-state index in [-0.39, 0.29) is 30.0 Å². The predicted octanol–water partition coefficient (Wildman–Crippen LogP) is 2.17. The van der Waals surface area contributed by atoms with E-state index in [0.717, 1.165) is 12.8 Å². The van der Waals surface area contributed by atoms with Crippen LogP contribution in [-0.2, 0) is 20.7 Å². The second kappa shape index (κ2) is 9.64. The summed E-state index contributed by atoms with van der Waals surface area (Å²) in [7, 11) is 1.42. The van der Waals surface area contributed by atoms with Crippen LogP contribution in [0.1, 0.15) is 41.5 Å². The summed E-state index contributed by atoms with van der Waals surface area (Å²) in [6.07, 6.45) is 1.96. The summed E-state index contributed by atoms with van der Waals surface area (Å²) in [6, 6.07) is 13.7. The molecule has 0 atom stereocenters. The average molecular weight is 449 g/mol. The number of esters is 1. The number of nitrogens with zero attached hydrogens (tertiary/aromatic N) is 2. The molecule has 1 aliphatic rings. The number of rotatable bonds is 8. The molecule has 1 aromatic heterocycles. The van der Waals surface area contributed by atoms with E-state index in [1.54, 1.807) is 47.0 Å². The van der Waals surface area contributed by atoms with Crippen LogP contribution in [0.5, 0.6) is 5.75 Å². The number of ether oxygens (including phenoxy) is 2. The van der Waals surface area contributed by atoms with Gasteiger partial charge in [0.05, 0.1) is 30.0 Å². The molecule has 3 aromatic rings. The number of nitrogens with one attached hydrogen (secondary N) is 1. The van der Waals surface area contributed by atoms with Gasteiger partial charge >= 0.3 is 5.97 Å². The van der Waals surface area contributed by atoms with Crippen LogP contribution in [0.2, 0.25) is 0 Å². The molecule has 9 nitrogen and oxygen atoms in total. The molecule has 1 saturated carbocycles. The quantitative estimate of drug-likeness (QED) is 0.524. The maximum Gasteiger partial charge on any atom is 0.306 e. The zero-order valence-electron chi connectivity index (χ0n) is 18.1. The van der Waals surface area contributed by atoms with Crippen LogP contribution in [-0.4, -0.2) is 41.1 Å². The molecule has 9 heteroatoms. The van der Waals surface area contributed by atoms with Gasteiger partial charge in [0.1, 0.15) is 11.6 Å². The predicted molar refractivity (Wildman–Crippen MR) is 119 cm³/mol. The Hall–Kier alpha value is -4.01. The van der Waals surface area contributed by atoms with Gasteiger partial charge in [-0.3, -0.25) is 29.1 Å². The van der Waals surface area contributed by atoms with E-state index in [4.69, 9.17) is 9.47 Å². The lowest BCUT2D eigenvalue weighted by Gasteiger charge is -2.12. The molecule has 1 fully saturated rings. The summed E-state index contributed by atoms with van der Waals surface area (Å²) in [5.41, 5.74) is 0.665. The van der Waals surface area contributed by atoms with Crippen LogP contribution in [0.25, 0.3) is 10.9 Å². The second-order valence-electron chi connectivity index (χ2n) is 7.69. The van der Waals surface area contributed by atoms with Gasteiger partial charge in [0.2, 0.25) is 0 Å². The van der Waals surface area contributed by atoms with Crippen molar-refractivity contribution in [3.63, 3.8) is 0 Å². The lowest BCUT2D eigenvalue weighted by Crippen LogP contribution is -2.34. The van der Waals surface area contributed by atoms with Gasteiger partial charge in [-0.2, -0.15) is 0 Å². The van der Waals surface area contributed by atoms with E-state index in [1.165, 1.54) is 13.2 Å². The Balaban J connectivity index is 1.34. The average Bonchev–Trinajstić information content (AvgIpc) is 3.66. The maximum absolute atomic E-state index is 12.9. The first-order valence-electron chi connectivity index (χ1n) is 10.6. The lowest BCUT2D eigenvalue weighted by molar-refractivity contribution is -0.148. The summed E-state index contributed by atoms with van der Waals surface area (Å²) < 4.78 is 11.8. The minimum Gasteiger partial charge on any atom is -0.496 e. The van der Waals surface area contributed by atoms with E-state index in [0.29, 0.717) is 22.5 Å². The number of para-hydroxylation sites is 2. The van der Waals surface area contributed by atoms with Crippen LogP contribution in [0.3, 0.4) is 0 Å². The van der Waals surface area contributed by atoms with Crippen LogP contribution in [0.15, 0.2) is 53.3 Å². The maximum atomic E-state index is 12.9. The first-order chi connectivity index (χ1) is 16.0. The summed E-state index contributed by atoms with van der Waals surface area (Å²) in [5.74, 6) is -1.18. The molecule has 0 radical (unpaired) electrons. The zero-order chi connectivity index (χ0) is 23.4. The number of carbonyl (C=O) groups is 3. The lowest BCUT2D eigenvalue weighted by atomic mass is 10.2. The molecular weight excluding hydrogens is 426 g/mol. The largest absolute Gasteiger partial charge is 0.496 e. The number of benzene rings is 2. The Kier molecular flexibility index (Phi) is 6.48. The Morgan fingerprint density at radius 3 is 2.58 bits per heavy atom. The van der Waals surface area contributed by atoms with Crippen molar-refractivity contribution in [1.82, 2.24) is 14.9 Å². The molecule has 0 unspecified atom stereocenters. The van der Waals surface area contributed by atoms with Gasteiger partial charge in [0.25, 0.3) is 17.4 Å². The van der Waals surface area contributed by atoms with E-state index in [2.05, 4.69) is 10.3 Å². The van der Waals surface area contributed by atoms with Crippen molar-refractivity contribution in [3.8, 4) is 5.75 Å². The van der Waals surface area contributed by atoms with Gasteiger partial charge in [-0.15, -0.1) is 0 Å². The number of hydrogen-bond donors (Lipinski definition) is 1.